The van der Waals surface area contributed by atoms with Gasteiger partial charge >= 0.3 is 0 Å². The normalized spacial score (nSPS) is 12.7. The Bertz CT molecular complexity index is 278. The van der Waals surface area contributed by atoms with Crippen molar-refractivity contribution in [3.63, 3.8) is 0 Å². The van der Waals surface area contributed by atoms with Gasteiger partial charge in [-0.3, -0.25) is 0 Å². The molecule has 2 N–H and O–H groups in total. The van der Waals surface area contributed by atoms with E-state index in [1.54, 1.807) is 7.11 Å². The quantitative estimate of drug-likeness (QED) is 0.622. The summed E-state index contributed by atoms with van der Waals surface area (Å²) in [6.07, 6.45) is 0. The molecule has 0 amide bonds. The highest BCUT2D eigenvalue weighted by Crippen LogP contribution is 2.28. The molecule has 0 aliphatic carbocycles. The van der Waals surface area contributed by atoms with Gasteiger partial charge in [0.05, 0.1) is 12.5 Å². The molecule has 0 heterocycles. The number of benzene rings is 1. The van der Waals surface area contributed by atoms with Crippen molar-refractivity contribution in [2.45, 2.75) is 5.37 Å². The maximum Gasteiger partial charge on any atom is 0.124 e. The maximum atomic E-state index is 5.62. The average molecular weight is 248 g/mol. The molecule has 0 spiro atoms. The van der Waals surface area contributed by atoms with E-state index in [0.717, 1.165) is 15.8 Å². The summed E-state index contributed by atoms with van der Waals surface area (Å²) < 4.78 is 6.09. The molecular formula is C8H10BrNOS. The average Bonchev–Trinajstić information content (AvgIpc) is 2.04. The Hall–Kier alpha value is -0.190. The zero-order valence-corrected chi connectivity index (χ0v) is 9.10. The van der Waals surface area contributed by atoms with Crippen molar-refractivity contribution in [1.82, 2.24) is 0 Å². The van der Waals surface area contributed by atoms with Crippen molar-refractivity contribution >= 4 is 28.6 Å². The molecular weight excluding hydrogens is 238 g/mol. The molecule has 12 heavy (non-hydrogen) atoms. The molecule has 0 aliphatic rings. The zero-order valence-electron chi connectivity index (χ0n) is 6.62. The second-order valence-corrected chi connectivity index (χ2v) is 3.80. The first-order valence-corrected chi connectivity index (χ1v) is 4.73. The van der Waals surface area contributed by atoms with Gasteiger partial charge < -0.3 is 10.5 Å². The Kier molecular flexibility index (Phi) is 3.43. The minimum atomic E-state index is -0.308. The van der Waals surface area contributed by atoms with Gasteiger partial charge in [0.15, 0.2) is 0 Å². The standard InChI is InChI=1S/C8H10BrNOS/c1-11-7-3-2-5(9)4-6(7)8(10)12/h2-4,8,12H,10H2,1H3. The third kappa shape index (κ3) is 2.15. The van der Waals surface area contributed by atoms with E-state index in [1.807, 2.05) is 18.2 Å². The summed E-state index contributed by atoms with van der Waals surface area (Å²) in [6.45, 7) is 0. The predicted molar refractivity (Wildman–Crippen MR) is 56.6 cm³/mol. The molecule has 0 aliphatic heterocycles. The van der Waals surface area contributed by atoms with Gasteiger partial charge in [0.1, 0.15) is 5.75 Å². The fraction of sp³-hybridized carbons (Fsp3) is 0.250. The largest absolute Gasteiger partial charge is 0.496 e. The van der Waals surface area contributed by atoms with Gasteiger partial charge in [-0.2, -0.15) is 12.6 Å². The third-order valence-corrected chi connectivity index (χ3v) is 2.28. The van der Waals surface area contributed by atoms with Gasteiger partial charge in [-0.1, -0.05) is 15.9 Å². The van der Waals surface area contributed by atoms with Crippen molar-refractivity contribution in [3.8, 4) is 5.75 Å². The van der Waals surface area contributed by atoms with Gasteiger partial charge in [0.25, 0.3) is 0 Å². The Morgan fingerprint density at radius 2 is 2.25 bits per heavy atom. The van der Waals surface area contributed by atoms with Crippen LogP contribution in [-0.4, -0.2) is 7.11 Å². The van der Waals surface area contributed by atoms with Crippen molar-refractivity contribution in [3.05, 3.63) is 28.2 Å². The molecule has 1 atom stereocenters. The van der Waals surface area contributed by atoms with Gasteiger partial charge in [-0.15, -0.1) is 0 Å². The van der Waals surface area contributed by atoms with Crippen LogP contribution in [0.25, 0.3) is 0 Å². The monoisotopic (exact) mass is 247 g/mol. The Balaban J connectivity index is 3.12. The third-order valence-electron chi connectivity index (χ3n) is 1.51. The van der Waals surface area contributed by atoms with Crippen molar-refractivity contribution in [2.75, 3.05) is 7.11 Å². The van der Waals surface area contributed by atoms with Crippen LogP contribution in [-0.2, 0) is 0 Å². The molecule has 1 aromatic carbocycles. The Morgan fingerprint density at radius 3 is 2.75 bits per heavy atom. The summed E-state index contributed by atoms with van der Waals surface area (Å²) in [6, 6.07) is 5.66. The molecule has 2 nitrogen and oxygen atoms in total. The van der Waals surface area contributed by atoms with E-state index in [2.05, 4.69) is 28.6 Å². The van der Waals surface area contributed by atoms with Crippen LogP contribution in [0.2, 0.25) is 0 Å². The predicted octanol–water partition coefficient (Wildman–Crippen LogP) is 2.34. The van der Waals surface area contributed by atoms with E-state index in [4.69, 9.17) is 10.5 Å². The molecule has 1 unspecified atom stereocenters. The topological polar surface area (TPSA) is 35.2 Å². The Morgan fingerprint density at radius 1 is 1.58 bits per heavy atom. The molecule has 4 heteroatoms. The highest BCUT2D eigenvalue weighted by Gasteiger charge is 2.07. The summed E-state index contributed by atoms with van der Waals surface area (Å²) >= 11 is 7.48. The van der Waals surface area contributed by atoms with Crippen molar-refractivity contribution < 1.29 is 4.74 Å². The van der Waals surface area contributed by atoms with Gasteiger partial charge in [0.2, 0.25) is 0 Å². The van der Waals surface area contributed by atoms with E-state index >= 15 is 0 Å². The minimum Gasteiger partial charge on any atom is -0.496 e. The second-order valence-electron chi connectivity index (χ2n) is 2.33. The first-order valence-electron chi connectivity index (χ1n) is 3.42. The number of hydrogen-bond donors (Lipinski definition) is 2. The lowest BCUT2D eigenvalue weighted by Crippen LogP contribution is -2.04. The molecule has 66 valence electrons. The van der Waals surface area contributed by atoms with E-state index in [0.29, 0.717) is 0 Å². The molecule has 1 rings (SSSR count). The molecule has 0 bridgehead atoms. The zero-order chi connectivity index (χ0) is 9.14. The molecule has 0 radical (unpaired) electrons. The van der Waals surface area contributed by atoms with Crippen LogP contribution in [0.3, 0.4) is 0 Å². The summed E-state index contributed by atoms with van der Waals surface area (Å²) in [5.41, 5.74) is 6.51. The van der Waals surface area contributed by atoms with E-state index < -0.39 is 0 Å². The molecule has 1 aromatic rings. The summed E-state index contributed by atoms with van der Waals surface area (Å²) in [5.74, 6) is 0.765. The van der Waals surface area contributed by atoms with Gasteiger partial charge in [-0.05, 0) is 18.2 Å². The van der Waals surface area contributed by atoms with Gasteiger partial charge in [-0.25, -0.2) is 0 Å². The first kappa shape index (κ1) is 9.89. The van der Waals surface area contributed by atoms with Crippen LogP contribution in [0.5, 0.6) is 5.75 Å². The summed E-state index contributed by atoms with van der Waals surface area (Å²) in [5, 5.41) is -0.308. The lowest BCUT2D eigenvalue weighted by molar-refractivity contribution is 0.409. The lowest BCUT2D eigenvalue weighted by Gasteiger charge is -2.10. The first-order chi connectivity index (χ1) is 5.65. The highest BCUT2D eigenvalue weighted by molar-refractivity contribution is 9.10. The summed E-state index contributed by atoms with van der Waals surface area (Å²) in [7, 11) is 1.61. The molecule has 0 aromatic heterocycles. The van der Waals surface area contributed by atoms with Crippen molar-refractivity contribution in [2.24, 2.45) is 5.73 Å². The number of rotatable bonds is 2. The number of methoxy groups -OCH3 is 1. The van der Waals surface area contributed by atoms with Crippen LogP contribution in [0.4, 0.5) is 0 Å². The maximum absolute atomic E-state index is 5.62. The Labute approximate surface area is 85.6 Å². The fourth-order valence-electron chi connectivity index (χ4n) is 0.936. The lowest BCUT2D eigenvalue weighted by atomic mass is 10.2. The van der Waals surface area contributed by atoms with Crippen LogP contribution in [0, 0.1) is 0 Å². The van der Waals surface area contributed by atoms with Crippen LogP contribution < -0.4 is 10.5 Å². The number of halogens is 1. The van der Waals surface area contributed by atoms with Gasteiger partial charge in [0, 0.05) is 10.0 Å². The van der Waals surface area contributed by atoms with Crippen LogP contribution >= 0.6 is 28.6 Å². The number of hydrogen-bond acceptors (Lipinski definition) is 3. The fourth-order valence-corrected chi connectivity index (χ4v) is 1.52. The van der Waals surface area contributed by atoms with E-state index in [9.17, 15) is 0 Å². The van der Waals surface area contributed by atoms with Crippen LogP contribution in [0.15, 0.2) is 22.7 Å². The number of ether oxygens (including phenoxy) is 1. The summed E-state index contributed by atoms with van der Waals surface area (Å²) in [4.78, 5) is 0. The van der Waals surface area contributed by atoms with Crippen LogP contribution in [0.1, 0.15) is 10.9 Å². The molecule has 0 saturated carbocycles. The smallest absolute Gasteiger partial charge is 0.124 e. The van der Waals surface area contributed by atoms with E-state index in [1.165, 1.54) is 0 Å². The number of thiol groups is 1. The van der Waals surface area contributed by atoms with E-state index in [-0.39, 0.29) is 5.37 Å². The molecule has 0 saturated heterocycles. The number of nitrogens with two attached hydrogens (primary N) is 1. The highest BCUT2D eigenvalue weighted by atomic mass is 79.9. The van der Waals surface area contributed by atoms with Crippen molar-refractivity contribution in [1.29, 1.82) is 0 Å². The minimum absolute atomic E-state index is 0.308. The molecule has 0 fully saturated rings. The second kappa shape index (κ2) is 4.16. The SMILES string of the molecule is COc1ccc(Br)cc1C(N)S.